The summed E-state index contributed by atoms with van der Waals surface area (Å²) in [5.74, 6) is -1.52. The molecule has 0 saturated carbocycles. The van der Waals surface area contributed by atoms with E-state index in [1.807, 2.05) is 0 Å². The van der Waals surface area contributed by atoms with Crippen LogP contribution in [0.3, 0.4) is 0 Å². The molecular formula is C15H14N2O6S2. The van der Waals surface area contributed by atoms with E-state index in [-0.39, 0.29) is 23.6 Å². The van der Waals surface area contributed by atoms with E-state index in [0.29, 0.717) is 9.76 Å². The first kappa shape index (κ1) is 17.8. The van der Waals surface area contributed by atoms with Crippen molar-refractivity contribution in [2.24, 2.45) is 5.92 Å². The standard InChI is InChI=1S/C15H14N2O6S2/c1-7(18)10-12(19)16-11(15(24)25-13(10)16)14(20)23-6-8-2-4-9(5-3-8)17(21)22/h2-5,7,10-11,13,18H,6H2,1H3/t7-,10+,11?,13-/m1/s1. The number of fused-ring (bicyclic) bond motifs is 1. The van der Waals surface area contributed by atoms with Gasteiger partial charge in [0.25, 0.3) is 5.69 Å². The second-order valence-electron chi connectivity index (χ2n) is 5.77. The third-order valence-electron chi connectivity index (χ3n) is 4.13. The molecule has 132 valence electrons. The van der Waals surface area contributed by atoms with Crippen LogP contribution in [-0.4, -0.2) is 48.5 Å². The molecule has 2 saturated heterocycles. The Kier molecular flexibility index (Phi) is 4.76. The second-order valence-corrected chi connectivity index (χ2v) is 7.63. The molecule has 2 fully saturated rings. The zero-order chi connectivity index (χ0) is 18.3. The van der Waals surface area contributed by atoms with E-state index in [1.165, 1.54) is 47.9 Å². The number of amides is 1. The fraction of sp³-hybridized carbons (Fsp3) is 0.400. The largest absolute Gasteiger partial charge is 0.459 e. The summed E-state index contributed by atoms with van der Waals surface area (Å²) in [4.78, 5) is 35.9. The highest BCUT2D eigenvalue weighted by Crippen LogP contribution is 2.46. The van der Waals surface area contributed by atoms with Gasteiger partial charge in [0, 0.05) is 12.1 Å². The molecule has 2 aliphatic heterocycles. The number of β-lactam (4-membered cyclic amide) rings is 1. The predicted molar refractivity (Wildman–Crippen MR) is 92.7 cm³/mol. The average molecular weight is 382 g/mol. The van der Waals surface area contributed by atoms with Gasteiger partial charge in [0.1, 0.15) is 6.61 Å². The van der Waals surface area contributed by atoms with Crippen molar-refractivity contribution in [2.45, 2.75) is 31.1 Å². The fourth-order valence-corrected chi connectivity index (χ4v) is 4.73. The Hall–Kier alpha value is -2.04. The predicted octanol–water partition coefficient (Wildman–Crippen LogP) is 1.25. The van der Waals surface area contributed by atoms with Gasteiger partial charge in [0.15, 0.2) is 6.04 Å². The van der Waals surface area contributed by atoms with Gasteiger partial charge in [-0.05, 0) is 24.6 Å². The van der Waals surface area contributed by atoms with Crippen LogP contribution in [0.25, 0.3) is 0 Å². The molecule has 1 aromatic carbocycles. The Bertz CT molecular complexity index is 751. The molecule has 2 heterocycles. The normalized spacial score (nSPS) is 26.0. The van der Waals surface area contributed by atoms with Crippen LogP contribution in [0.15, 0.2) is 24.3 Å². The quantitative estimate of drug-likeness (QED) is 0.266. The highest BCUT2D eigenvalue weighted by molar-refractivity contribution is 8.24. The topological polar surface area (TPSA) is 110 Å². The molecule has 3 rings (SSSR count). The molecule has 1 N–H and O–H groups in total. The molecule has 25 heavy (non-hydrogen) atoms. The van der Waals surface area contributed by atoms with Crippen LogP contribution < -0.4 is 0 Å². The molecule has 0 radical (unpaired) electrons. The van der Waals surface area contributed by atoms with Crippen molar-refractivity contribution in [2.75, 3.05) is 0 Å². The Morgan fingerprint density at radius 2 is 2.12 bits per heavy atom. The first-order valence-electron chi connectivity index (χ1n) is 7.42. The Balaban J connectivity index is 1.63. The minimum atomic E-state index is -0.939. The molecule has 10 heteroatoms. The van der Waals surface area contributed by atoms with Crippen molar-refractivity contribution in [3.8, 4) is 0 Å². The molecule has 0 aromatic heterocycles. The lowest BCUT2D eigenvalue weighted by Gasteiger charge is -2.44. The average Bonchev–Trinajstić information content (AvgIpc) is 2.85. The van der Waals surface area contributed by atoms with Gasteiger partial charge in [-0.1, -0.05) is 24.0 Å². The highest BCUT2D eigenvalue weighted by atomic mass is 32.2. The minimum absolute atomic E-state index is 0.0540. The first-order valence-corrected chi connectivity index (χ1v) is 8.70. The number of nitrogens with zero attached hydrogens (tertiary/aromatic N) is 2. The molecule has 0 aliphatic carbocycles. The van der Waals surface area contributed by atoms with Gasteiger partial charge in [0.05, 0.1) is 26.5 Å². The third kappa shape index (κ3) is 3.12. The number of hydrogen-bond acceptors (Lipinski definition) is 8. The van der Waals surface area contributed by atoms with Gasteiger partial charge in [-0.15, -0.1) is 0 Å². The van der Waals surface area contributed by atoms with Crippen molar-refractivity contribution < 1.29 is 24.4 Å². The number of aliphatic hydroxyl groups excluding tert-OH is 1. The minimum Gasteiger partial charge on any atom is -0.459 e. The number of ether oxygens (including phenoxy) is 1. The van der Waals surface area contributed by atoms with Gasteiger partial charge < -0.3 is 14.7 Å². The van der Waals surface area contributed by atoms with Crippen molar-refractivity contribution >= 4 is 45.7 Å². The van der Waals surface area contributed by atoms with Gasteiger partial charge >= 0.3 is 5.97 Å². The summed E-state index contributed by atoms with van der Waals surface area (Å²) in [6, 6.07) is 4.69. The zero-order valence-electron chi connectivity index (χ0n) is 13.0. The molecule has 1 amide bonds. The molecule has 8 nitrogen and oxygen atoms in total. The number of benzene rings is 1. The van der Waals surface area contributed by atoms with Crippen LogP contribution in [-0.2, 0) is 20.9 Å². The van der Waals surface area contributed by atoms with Crippen LogP contribution >= 0.6 is 24.0 Å². The lowest BCUT2D eigenvalue weighted by molar-refractivity contribution is -0.384. The maximum Gasteiger partial charge on any atom is 0.335 e. The lowest BCUT2D eigenvalue weighted by atomic mass is 9.91. The molecule has 0 spiro atoms. The highest BCUT2D eigenvalue weighted by Gasteiger charge is 2.60. The summed E-state index contributed by atoms with van der Waals surface area (Å²) >= 11 is 6.41. The number of nitro groups is 1. The number of thiocarbonyl (C=S) groups is 1. The number of rotatable bonds is 5. The fourth-order valence-electron chi connectivity index (χ4n) is 2.81. The van der Waals surface area contributed by atoms with Crippen LogP contribution in [0.4, 0.5) is 5.69 Å². The van der Waals surface area contributed by atoms with E-state index in [2.05, 4.69) is 0 Å². The van der Waals surface area contributed by atoms with Crippen LogP contribution in [0.5, 0.6) is 0 Å². The van der Waals surface area contributed by atoms with Crippen molar-refractivity contribution in [1.29, 1.82) is 0 Å². The summed E-state index contributed by atoms with van der Waals surface area (Å²) in [6.45, 7) is 1.46. The number of esters is 1. The number of thioether (sulfide) groups is 1. The smallest absolute Gasteiger partial charge is 0.335 e. The molecule has 2 aliphatic rings. The van der Waals surface area contributed by atoms with Crippen molar-refractivity contribution in [3.05, 3.63) is 39.9 Å². The molecule has 1 unspecified atom stereocenters. The summed E-state index contributed by atoms with van der Waals surface area (Å²) in [5, 5.41) is 19.9. The Morgan fingerprint density at radius 1 is 1.48 bits per heavy atom. The van der Waals surface area contributed by atoms with Gasteiger partial charge in [-0.2, -0.15) is 0 Å². The van der Waals surface area contributed by atoms with Crippen molar-refractivity contribution in [1.82, 2.24) is 4.90 Å². The second kappa shape index (κ2) is 6.70. The summed E-state index contributed by atoms with van der Waals surface area (Å²) in [7, 11) is 0. The van der Waals surface area contributed by atoms with Gasteiger partial charge in [-0.25, -0.2) is 4.79 Å². The summed E-state index contributed by atoms with van der Waals surface area (Å²) in [5.41, 5.74) is 0.533. The van der Waals surface area contributed by atoms with Gasteiger partial charge in [0.2, 0.25) is 5.91 Å². The third-order valence-corrected chi connectivity index (χ3v) is 5.86. The number of carbonyl (C=O) groups excluding carboxylic acids is 2. The van der Waals surface area contributed by atoms with Crippen LogP contribution in [0.1, 0.15) is 12.5 Å². The number of aliphatic hydroxyl groups is 1. The molecular weight excluding hydrogens is 368 g/mol. The molecule has 0 bridgehead atoms. The monoisotopic (exact) mass is 382 g/mol. The van der Waals surface area contributed by atoms with Crippen molar-refractivity contribution in [3.63, 3.8) is 0 Å². The van der Waals surface area contributed by atoms with E-state index in [9.17, 15) is 24.8 Å². The molecule has 1 aromatic rings. The number of hydrogen-bond donors (Lipinski definition) is 1. The SMILES string of the molecule is C[C@@H](O)[C@H]1C(=O)N2C(C(=O)OCc3ccc([N+](=O)[O-])cc3)C(=S)S[C@H]12. The Morgan fingerprint density at radius 3 is 2.68 bits per heavy atom. The van der Waals surface area contributed by atoms with E-state index < -0.39 is 29.0 Å². The van der Waals surface area contributed by atoms with E-state index >= 15 is 0 Å². The first-order chi connectivity index (χ1) is 11.8. The van der Waals surface area contributed by atoms with Crippen LogP contribution in [0, 0.1) is 16.0 Å². The summed E-state index contributed by atoms with van der Waals surface area (Å²) < 4.78 is 5.56. The number of carbonyl (C=O) groups is 2. The maximum absolute atomic E-state index is 12.3. The Labute approximate surface area is 152 Å². The van der Waals surface area contributed by atoms with E-state index in [0.717, 1.165) is 0 Å². The van der Waals surface area contributed by atoms with Gasteiger partial charge in [-0.3, -0.25) is 14.9 Å². The zero-order valence-corrected chi connectivity index (χ0v) is 14.7. The number of nitro benzene ring substituents is 1. The number of non-ortho nitro benzene ring substituents is 1. The molecule has 4 atom stereocenters. The lowest BCUT2D eigenvalue weighted by Crippen LogP contribution is -2.64. The summed E-state index contributed by atoms with van der Waals surface area (Å²) in [6.07, 6.45) is -0.807. The van der Waals surface area contributed by atoms with Crippen LogP contribution in [0.2, 0.25) is 0 Å². The maximum atomic E-state index is 12.3. The van der Waals surface area contributed by atoms with E-state index in [1.54, 1.807) is 0 Å². The van der Waals surface area contributed by atoms with E-state index in [4.69, 9.17) is 17.0 Å².